The van der Waals surface area contributed by atoms with Gasteiger partial charge in [0.05, 0.1) is 6.61 Å². The molecule has 1 heterocycles. The molecule has 0 radical (unpaired) electrons. The molecule has 0 bridgehead atoms. The summed E-state index contributed by atoms with van der Waals surface area (Å²) in [6, 6.07) is 9.86. The van der Waals surface area contributed by atoms with E-state index in [1.54, 1.807) is 35.6 Å². The van der Waals surface area contributed by atoms with E-state index in [0.717, 1.165) is 17.7 Å². The Bertz CT molecular complexity index is 594. The van der Waals surface area contributed by atoms with Gasteiger partial charge in [-0.05, 0) is 54.6 Å². The van der Waals surface area contributed by atoms with E-state index in [1.807, 2.05) is 17.5 Å². The molecule has 0 atom stereocenters. The summed E-state index contributed by atoms with van der Waals surface area (Å²) in [5.74, 6) is 0.294. The number of unbranched alkanes of at least 4 members (excludes halogenated alkanes) is 1. The van der Waals surface area contributed by atoms with Crippen molar-refractivity contribution < 1.29 is 13.9 Å². The van der Waals surface area contributed by atoms with Gasteiger partial charge in [-0.3, -0.25) is 4.79 Å². The Morgan fingerprint density at radius 3 is 2.77 bits per heavy atom. The van der Waals surface area contributed by atoms with E-state index in [4.69, 9.17) is 4.74 Å². The van der Waals surface area contributed by atoms with Gasteiger partial charge in [0.25, 0.3) is 0 Å². The number of thiophene rings is 1. The molecule has 22 heavy (non-hydrogen) atoms. The summed E-state index contributed by atoms with van der Waals surface area (Å²) in [6.07, 6.45) is 5.00. The maximum Gasteiger partial charge on any atom is 0.244 e. The van der Waals surface area contributed by atoms with Crippen molar-refractivity contribution in [2.24, 2.45) is 0 Å². The van der Waals surface area contributed by atoms with Crippen molar-refractivity contribution in [2.45, 2.75) is 12.8 Å². The Hall–Kier alpha value is -2.14. The lowest BCUT2D eigenvalue weighted by molar-refractivity contribution is -0.116. The fourth-order valence-corrected chi connectivity index (χ4v) is 2.38. The molecular formula is C17H18FNO2S. The van der Waals surface area contributed by atoms with Crippen molar-refractivity contribution in [2.75, 3.05) is 13.2 Å². The molecule has 0 aliphatic rings. The minimum atomic E-state index is -0.273. The number of hydrogen-bond acceptors (Lipinski definition) is 3. The van der Waals surface area contributed by atoms with Gasteiger partial charge in [0.1, 0.15) is 11.6 Å². The first-order valence-corrected chi connectivity index (χ1v) is 8.00. The van der Waals surface area contributed by atoms with Crippen LogP contribution in [0.1, 0.15) is 17.7 Å². The minimum Gasteiger partial charge on any atom is -0.494 e. The number of benzene rings is 1. The highest BCUT2D eigenvalue weighted by atomic mass is 32.1. The lowest BCUT2D eigenvalue weighted by Gasteiger charge is -2.06. The molecular weight excluding hydrogens is 301 g/mol. The maximum atomic E-state index is 12.7. The monoisotopic (exact) mass is 319 g/mol. The first-order valence-electron chi connectivity index (χ1n) is 7.12. The van der Waals surface area contributed by atoms with Gasteiger partial charge in [-0.15, -0.1) is 11.3 Å². The van der Waals surface area contributed by atoms with Gasteiger partial charge < -0.3 is 10.1 Å². The van der Waals surface area contributed by atoms with Crippen LogP contribution < -0.4 is 10.1 Å². The molecule has 0 saturated carbocycles. The van der Waals surface area contributed by atoms with Gasteiger partial charge in [0.15, 0.2) is 0 Å². The van der Waals surface area contributed by atoms with Crippen molar-refractivity contribution in [1.82, 2.24) is 5.32 Å². The lowest BCUT2D eigenvalue weighted by atomic mass is 10.3. The SMILES string of the molecule is O=C(/C=C/c1cccs1)NCCCCOc1ccc(F)cc1. The Labute approximate surface area is 133 Å². The van der Waals surface area contributed by atoms with Gasteiger partial charge in [-0.1, -0.05) is 6.07 Å². The molecule has 0 unspecified atom stereocenters. The second kappa shape index (κ2) is 9.00. The number of halogens is 1. The normalized spacial score (nSPS) is 10.8. The fourth-order valence-electron chi connectivity index (χ4n) is 1.76. The smallest absolute Gasteiger partial charge is 0.244 e. The van der Waals surface area contributed by atoms with Crippen LogP contribution in [0.2, 0.25) is 0 Å². The van der Waals surface area contributed by atoms with Crippen molar-refractivity contribution in [1.29, 1.82) is 0 Å². The summed E-state index contributed by atoms with van der Waals surface area (Å²) in [6.45, 7) is 1.16. The highest BCUT2D eigenvalue weighted by Gasteiger charge is 1.97. The molecule has 116 valence electrons. The Morgan fingerprint density at radius 2 is 2.05 bits per heavy atom. The van der Waals surface area contributed by atoms with Crippen LogP contribution in [0.4, 0.5) is 4.39 Å². The highest BCUT2D eigenvalue weighted by Crippen LogP contribution is 2.11. The van der Waals surface area contributed by atoms with E-state index in [1.165, 1.54) is 12.1 Å². The van der Waals surface area contributed by atoms with Crippen LogP contribution in [-0.2, 0) is 4.79 Å². The van der Waals surface area contributed by atoms with Crippen molar-refractivity contribution in [3.63, 3.8) is 0 Å². The molecule has 1 amide bonds. The highest BCUT2D eigenvalue weighted by molar-refractivity contribution is 7.10. The van der Waals surface area contributed by atoms with E-state index in [2.05, 4.69) is 5.32 Å². The number of amides is 1. The molecule has 2 rings (SSSR count). The molecule has 1 N–H and O–H groups in total. The molecule has 0 aliphatic heterocycles. The van der Waals surface area contributed by atoms with Crippen LogP contribution in [0.5, 0.6) is 5.75 Å². The number of carbonyl (C=O) groups excluding carboxylic acids is 1. The first kappa shape index (κ1) is 16.2. The summed E-state index contributed by atoms with van der Waals surface area (Å²) in [5, 5.41) is 4.80. The Morgan fingerprint density at radius 1 is 1.23 bits per heavy atom. The number of nitrogens with one attached hydrogen (secondary N) is 1. The predicted octanol–water partition coefficient (Wildman–Crippen LogP) is 3.88. The van der Waals surface area contributed by atoms with Gasteiger partial charge >= 0.3 is 0 Å². The van der Waals surface area contributed by atoms with E-state index in [-0.39, 0.29) is 11.7 Å². The lowest BCUT2D eigenvalue weighted by Crippen LogP contribution is -2.22. The molecule has 3 nitrogen and oxygen atoms in total. The standard InChI is InChI=1S/C17H18FNO2S/c18-14-5-7-15(8-6-14)21-12-2-1-11-19-17(20)10-9-16-4-3-13-22-16/h3-10,13H,1-2,11-12H2,(H,19,20)/b10-9+. The summed E-state index contributed by atoms with van der Waals surface area (Å²) < 4.78 is 18.2. The molecule has 5 heteroatoms. The largest absolute Gasteiger partial charge is 0.494 e. The van der Waals surface area contributed by atoms with Crippen molar-refractivity contribution in [3.05, 3.63) is 58.5 Å². The summed E-state index contributed by atoms with van der Waals surface area (Å²) in [5.41, 5.74) is 0. The Balaban J connectivity index is 1.53. The number of carbonyl (C=O) groups is 1. The summed E-state index contributed by atoms with van der Waals surface area (Å²) in [4.78, 5) is 12.6. The third-order valence-corrected chi connectivity index (χ3v) is 3.73. The molecule has 0 fully saturated rings. The van der Waals surface area contributed by atoms with Gasteiger partial charge in [0, 0.05) is 17.5 Å². The first-order chi connectivity index (χ1) is 10.7. The predicted molar refractivity (Wildman–Crippen MR) is 87.5 cm³/mol. The molecule has 0 saturated heterocycles. The van der Waals surface area contributed by atoms with Gasteiger partial charge in [0.2, 0.25) is 5.91 Å². The molecule has 1 aromatic carbocycles. The third-order valence-electron chi connectivity index (χ3n) is 2.89. The van der Waals surface area contributed by atoms with Crippen molar-refractivity contribution in [3.8, 4) is 5.75 Å². The molecule has 2 aromatic rings. The van der Waals surface area contributed by atoms with Crippen LogP contribution in [-0.4, -0.2) is 19.1 Å². The zero-order chi connectivity index (χ0) is 15.6. The average Bonchev–Trinajstić information content (AvgIpc) is 3.04. The number of rotatable bonds is 8. The quantitative estimate of drug-likeness (QED) is 0.592. The second-order valence-corrected chi connectivity index (χ2v) is 5.63. The molecule has 0 aliphatic carbocycles. The topological polar surface area (TPSA) is 38.3 Å². The van der Waals surface area contributed by atoms with Crippen LogP contribution >= 0.6 is 11.3 Å². The fraction of sp³-hybridized carbons (Fsp3) is 0.235. The number of ether oxygens (including phenoxy) is 1. The van der Waals surface area contributed by atoms with Crippen LogP contribution in [0, 0.1) is 5.82 Å². The van der Waals surface area contributed by atoms with Crippen molar-refractivity contribution >= 4 is 23.3 Å². The maximum absolute atomic E-state index is 12.7. The molecule has 1 aromatic heterocycles. The zero-order valence-electron chi connectivity index (χ0n) is 12.1. The minimum absolute atomic E-state index is 0.0900. The second-order valence-electron chi connectivity index (χ2n) is 4.65. The van der Waals surface area contributed by atoms with Crippen LogP contribution in [0.3, 0.4) is 0 Å². The average molecular weight is 319 g/mol. The van der Waals surface area contributed by atoms with E-state index < -0.39 is 0 Å². The zero-order valence-corrected chi connectivity index (χ0v) is 12.9. The van der Waals surface area contributed by atoms with Gasteiger partial charge in [-0.2, -0.15) is 0 Å². The third kappa shape index (κ3) is 6.10. The Kier molecular flexibility index (Phi) is 6.64. The van der Waals surface area contributed by atoms with E-state index in [9.17, 15) is 9.18 Å². The van der Waals surface area contributed by atoms with E-state index in [0.29, 0.717) is 18.9 Å². The van der Waals surface area contributed by atoms with Crippen LogP contribution in [0.25, 0.3) is 6.08 Å². The van der Waals surface area contributed by atoms with E-state index >= 15 is 0 Å². The van der Waals surface area contributed by atoms with Crippen LogP contribution in [0.15, 0.2) is 47.9 Å². The molecule has 0 spiro atoms. The van der Waals surface area contributed by atoms with Gasteiger partial charge in [-0.25, -0.2) is 4.39 Å². The number of hydrogen-bond donors (Lipinski definition) is 1. The summed E-state index contributed by atoms with van der Waals surface area (Å²) >= 11 is 1.59. The summed E-state index contributed by atoms with van der Waals surface area (Å²) in [7, 11) is 0.